The highest BCUT2D eigenvalue weighted by atomic mass is 16.1. The number of amides is 1. The highest BCUT2D eigenvalue weighted by Crippen LogP contribution is 2.45. The molecular weight excluding hydrogens is 272 g/mol. The van der Waals surface area contributed by atoms with Crippen LogP contribution in [0.3, 0.4) is 0 Å². The molecule has 2 rings (SSSR count). The highest BCUT2D eigenvalue weighted by Gasteiger charge is 2.38. The van der Waals surface area contributed by atoms with Crippen LogP contribution in [-0.4, -0.2) is 12.5 Å². The summed E-state index contributed by atoms with van der Waals surface area (Å²) in [6.07, 6.45) is 4.98. The fourth-order valence-corrected chi connectivity index (χ4v) is 3.56. The van der Waals surface area contributed by atoms with Crippen molar-refractivity contribution in [3.8, 4) is 0 Å². The number of benzene rings is 1. The van der Waals surface area contributed by atoms with Crippen molar-refractivity contribution in [3.63, 3.8) is 0 Å². The quantitative estimate of drug-likeness (QED) is 0.807. The average Bonchev–Trinajstić information content (AvgIpc) is 2.48. The van der Waals surface area contributed by atoms with E-state index in [1.165, 1.54) is 25.7 Å². The Kier molecular flexibility index (Phi) is 5.63. The summed E-state index contributed by atoms with van der Waals surface area (Å²) in [6, 6.07) is 9.62. The van der Waals surface area contributed by atoms with Crippen molar-refractivity contribution in [1.82, 2.24) is 5.32 Å². The number of nitrogens with two attached hydrogens (primary N) is 1. The van der Waals surface area contributed by atoms with Crippen molar-refractivity contribution in [2.45, 2.75) is 52.5 Å². The molecule has 122 valence electrons. The van der Waals surface area contributed by atoms with E-state index in [-0.39, 0.29) is 17.9 Å². The number of hydrogen-bond donors (Lipinski definition) is 2. The first-order valence-corrected chi connectivity index (χ1v) is 8.52. The molecule has 0 aliphatic heterocycles. The molecule has 1 amide bonds. The molecule has 0 radical (unpaired) electrons. The Morgan fingerprint density at radius 2 is 1.86 bits per heavy atom. The molecule has 0 aromatic heterocycles. The molecule has 2 atom stereocenters. The lowest BCUT2D eigenvalue weighted by molar-refractivity contribution is -0.126. The van der Waals surface area contributed by atoms with Crippen molar-refractivity contribution in [3.05, 3.63) is 35.9 Å². The second kappa shape index (κ2) is 7.28. The van der Waals surface area contributed by atoms with Gasteiger partial charge in [-0.2, -0.15) is 0 Å². The van der Waals surface area contributed by atoms with Crippen LogP contribution in [0.2, 0.25) is 0 Å². The summed E-state index contributed by atoms with van der Waals surface area (Å²) in [5.74, 6) is 0.547. The van der Waals surface area contributed by atoms with Crippen molar-refractivity contribution in [2.24, 2.45) is 23.0 Å². The van der Waals surface area contributed by atoms with Crippen LogP contribution in [0.1, 0.15) is 58.1 Å². The molecule has 1 aliphatic carbocycles. The summed E-state index contributed by atoms with van der Waals surface area (Å²) in [4.78, 5) is 12.4. The number of rotatable bonds is 7. The van der Waals surface area contributed by atoms with Crippen molar-refractivity contribution in [2.75, 3.05) is 6.54 Å². The van der Waals surface area contributed by atoms with Crippen LogP contribution >= 0.6 is 0 Å². The van der Waals surface area contributed by atoms with Gasteiger partial charge in [0.1, 0.15) is 0 Å². The van der Waals surface area contributed by atoms with Gasteiger partial charge in [-0.15, -0.1) is 0 Å². The summed E-state index contributed by atoms with van der Waals surface area (Å²) in [5.41, 5.74) is 7.60. The minimum Gasteiger partial charge on any atom is -0.355 e. The number of carbonyl (C=O) groups is 1. The standard InChI is InChI=1S/C19H30N2O/c1-14(2)12-19(10-7-11-19)13-21-18(22)15(3)17(20)16-8-5-4-6-9-16/h4-6,8-9,14-15,17H,7,10-13,20H2,1-3H3,(H,21,22). The molecule has 3 N–H and O–H groups in total. The minimum absolute atomic E-state index is 0.0754. The molecule has 1 aromatic carbocycles. The topological polar surface area (TPSA) is 55.1 Å². The molecule has 1 saturated carbocycles. The molecule has 1 aliphatic rings. The van der Waals surface area contributed by atoms with Crippen LogP contribution in [0.15, 0.2) is 30.3 Å². The van der Waals surface area contributed by atoms with Gasteiger partial charge >= 0.3 is 0 Å². The monoisotopic (exact) mass is 302 g/mol. The Labute approximate surface area is 134 Å². The SMILES string of the molecule is CC(C)CC1(CNC(=O)C(C)C(N)c2ccccc2)CCC1. The molecule has 22 heavy (non-hydrogen) atoms. The fraction of sp³-hybridized carbons (Fsp3) is 0.632. The van der Waals surface area contributed by atoms with Gasteiger partial charge in [0.05, 0.1) is 5.92 Å². The molecule has 2 unspecified atom stereocenters. The minimum atomic E-state index is -0.247. The van der Waals surface area contributed by atoms with Gasteiger partial charge in [0.2, 0.25) is 5.91 Å². The normalized spacial score (nSPS) is 19.3. The van der Waals surface area contributed by atoms with Gasteiger partial charge < -0.3 is 11.1 Å². The molecule has 0 spiro atoms. The summed E-state index contributed by atoms with van der Waals surface area (Å²) < 4.78 is 0. The zero-order valence-electron chi connectivity index (χ0n) is 14.1. The maximum absolute atomic E-state index is 12.4. The fourth-order valence-electron chi connectivity index (χ4n) is 3.56. The van der Waals surface area contributed by atoms with Crippen LogP contribution in [0.25, 0.3) is 0 Å². The summed E-state index contributed by atoms with van der Waals surface area (Å²) in [7, 11) is 0. The Hall–Kier alpha value is -1.35. The van der Waals surface area contributed by atoms with Crippen molar-refractivity contribution >= 4 is 5.91 Å². The van der Waals surface area contributed by atoms with Crippen LogP contribution in [0, 0.1) is 17.3 Å². The van der Waals surface area contributed by atoms with E-state index in [2.05, 4.69) is 19.2 Å². The second-order valence-electron chi connectivity index (χ2n) is 7.39. The van der Waals surface area contributed by atoms with Crippen molar-refractivity contribution in [1.29, 1.82) is 0 Å². The van der Waals surface area contributed by atoms with Crippen molar-refractivity contribution < 1.29 is 4.79 Å². The van der Waals surface area contributed by atoms with Gasteiger partial charge in [-0.3, -0.25) is 4.79 Å². The predicted octanol–water partition coefficient (Wildman–Crippen LogP) is 3.66. The Bertz CT molecular complexity index is 479. The maximum Gasteiger partial charge on any atom is 0.224 e. The number of hydrogen-bond acceptors (Lipinski definition) is 2. The molecule has 3 heteroatoms. The molecule has 1 fully saturated rings. The van der Waals surface area contributed by atoms with Gasteiger partial charge in [0.15, 0.2) is 0 Å². The third kappa shape index (κ3) is 4.10. The lowest BCUT2D eigenvalue weighted by atomic mass is 9.64. The van der Waals surface area contributed by atoms with Crippen LogP contribution < -0.4 is 11.1 Å². The predicted molar refractivity (Wildman–Crippen MR) is 91.3 cm³/mol. The first kappa shape index (κ1) is 17.0. The Balaban J connectivity index is 1.89. The third-order valence-corrected chi connectivity index (χ3v) is 5.03. The Morgan fingerprint density at radius 1 is 1.23 bits per heavy atom. The second-order valence-corrected chi connectivity index (χ2v) is 7.39. The van der Waals surface area contributed by atoms with Crippen LogP contribution in [0.5, 0.6) is 0 Å². The van der Waals surface area contributed by atoms with E-state index >= 15 is 0 Å². The smallest absolute Gasteiger partial charge is 0.224 e. The van der Waals surface area contributed by atoms with Crippen LogP contribution in [0.4, 0.5) is 0 Å². The van der Waals surface area contributed by atoms with E-state index in [9.17, 15) is 4.79 Å². The molecule has 1 aromatic rings. The highest BCUT2D eigenvalue weighted by molar-refractivity contribution is 5.79. The average molecular weight is 302 g/mol. The molecule has 0 heterocycles. The first-order valence-electron chi connectivity index (χ1n) is 8.52. The summed E-state index contributed by atoms with van der Waals surface area (Å²) in [5, 5.41) is 3.16. The number of carbonyl (C=O) groups excluding carboxylic acids is 1. The van der Waals surface area contributed by atoms with Gasteiger partial charge in [-0.1, -0.05) is 57.5 Å². The first-order chi connectivity index (χ1) is 10.4. The van der Waals surface area contributed by atoms with E-state index in [4.69, 9.17) is 5.73 Å². The lowest BCUT2D eigenvalue weighted by Gasteiger charge is -2.43. The lowest BCUT2D eigenvalue weighted by Crippen LogP contribution is -2.45. The van der Waals surface area contributed by atoms with Gasteiger partial charge in [-0.05, 0) is 36.2 Å². The van der Waals surface area contributed by atoms with E-state index in [1.807, 2.05) is 37.3 Å². The van der Waals surface area contributed by atoms with Gasteiger partial charge in [0.25, 0.3) is 0 Å². The van der Waals surface area contributed by atoms with E-state index in [0.717, 1.165) is 12.1 Å². The molecule has 0 saturated heterocycles. The maximum atomic E-state index is 12.4. The Morgan fingerprint density at radius 3 is 2.36 bits per heavy atom. The largest absolute Gasteiger partial charge is 0.355 e. The zero-order valence-corrected chi connectivity index (χ0v) is 14.1. The van der Waals surface area contributed by atoms with E-state index in [0.29, 0.717) is 11.3 Å². The van der Waals surface area contributed by atoms with Gasteiger partial charge in [0, 0.05) is 12.6 Å². The molecule has 0 bridgehead atoms. The third-order valence-electron chi connectivity index (χ3n) is 5.03. The molecular formula is C19H30N2O. The molecule has 3 nitrogen and oxygen atoms in total. The van der Waals surface area contributed by atoms with E-state index in [1.54, 1.807) is 0 Å². The van der Waals surface area contributed by atoms with Crippen LogP contribution in [-0.2, 0) is 4.79 Å². The summed E-state index contributed by atoms with van der Waals surface area (Å²) >= 11 is 0. The zero-order chi connectivity index (χ0) is 16.2. The van der Waals surface area contributed by atoms with E-state index < -0.39 is 0 Å². The van der Waals surface area contributed by atoms with Gasteiger partial charge in [-0.25, -0.2) is 0 Å². The summed E-state index contributed by atoms with van der Waals surface area (Å²) in [6.45, 7) is 7.24. The number of nitrogens with one attached hydrogen (secondary N) is 1.